The Hall–Kier alpha value is -2.04. The van der Waals surface area contributed by atoms with Gasteiger partial charge in [-0.3, -0.25) is 9.36 Å². The highest BCUT2D eigenvalue weighted by Crippen LogP contribution is 2.30. The average molecular weight is 436 g/mol. The number of anilines is 1. The number of piperidine rings is 1. The summed E-state index contributed by atoms with van der Waals surface area (Å²) >= 11 is 0. The van der Waals surface area contributed by atoms with Crippen molar-refractivity contribution >= 4 is 27.0 Å². The number of nitrogens with one attached hydrogen (secondary N) is 1. The molecular weight excluding hydrogens is 406 g/mol. The van der Waals surface area contributed by atoms with Crippen LogP contribution in [0.1, 0.15) is 50.1 Å². The molecule has 0 radical (unpaired) electrons. The topological polar surface area (TPSA) is 117 Å². The molecule has 1 aliphatic carbocycles. The monoisotopic (exact) mass is 435 g/mol. The fourth-order valence-corrected chi connectivity index (χ4v) is 5.43. The Morgan fingerprint density at radius 3 is 2.60 bits per heavy atom. The van der Waals surface area contributed by atoms with Crippen molar-refractivity contribution in [1.29, 1.82) is 0 Å². The zero-order valence-electron chi connectivity index (χ0n) is 17.4. The number of fused-ring (bicyclic) bond motifs is 1. The van der Waals surface area contributed by atoms with E-state index in [1.807, 2.05) is 6.07 Å². The summed E-state index contributed by atoms with van der Waals surface area (Å²) in [5, 5.41) is 14.2. The minimum atomic E-state index is -3.17. The molecule has 2 unspecified atom stereocenters. The van der Waals surface area contributed by atoms with E-state index in [-0.39, 0.29) is 17.6 Å². The summed E-state index contributed by atoms with van der Waals surface area (Å²) < 4.78 is 26.6. The Kier molecular flexibility index (Phi) is 5.82. The van der Waals surface area contributed by atoms with Crippen LogP contribution in [0.15, 0.2) is 17.1 Å². The van der Waals surface area contributed by atoms with Crippen LogP contribution in [0, 0.1) is 6.92 Å². The standard InChI is InChI=1S/C20H29N5O4S/c1-13-10-14-12-21-20(22-15-6-8-24(9-7-15)30(2,28)29)23-18(14)25(19(13)27)16-4-3-5-17(26)11-16/h10,12,15-17,26H,3-9,11H2,1-2H3,(H,21,22,23). The molecule has 1 saturated carbocycles. The summed E-state index contributed by atoms with van der Waals surface area (Å²) in [6.07, 6.45) is 6.93. The lowest BCUT2D eigenvalue weighted by Crippen LogP contribution is -2.42. The molecule has 1 aliphatic heterocycles. The molecule has 0 spiro atoms. The summed E-state index contributed by atoms with van der Waals surface area (Å²) in [6.45, 7) is 2.72. The van der Waals surface area contributed by atoms with Crippen molar-refractivity contribution in [1.82, 2.24) is 18.8 Å². The number of hydrogen-bond donors (Lipinski definition) is 2. The van der Waals surface area contributed by atoms with Crippen LogP contribution in [0.25, 0.3) is 11.0 Å². The van der Waals surface area contributed by atoms with Crippen LogP contribution in [-0.2, 0) is 10.0 Å². The van der Waals surface area contributed by atoms with Gasteiger partial charge in [-0.25, -0.2) is 17.7 Å². The second-order valence-corrected chi connectivity index (χ2v) is 10.5. The molecule has 2 aliphatic rings. The quantitative estimate of drug-likeness (QED) is 0.746. The summed E-state index contributed by atoms with van der Waals surface area (Å²) in [5.74, 6) is 0.439. The van der Waals surface area contributed by atoms with Gasteiger partial charge < -0.3 is 10.4 Å². The van der Waals surface area contributed by atoms with Crippen molar-refractivity contribution in [2.24, 2.45) is 0 Å². The van der Waals surface area contributed by atoms with Gasteiger partial charge in [-0.2, -0.15) is 4.98 Å². The maximum atomic E-state index is 13.0. The Bertz CT molecular complexity index is 1090. The van der Waals surface area contributed by atoms with Crippen LogP contribution in [0.3, 0.4) is 0 Å². The lowest BCUT2D eigenvalue weighted by atomic mass is 9.92. The van der Waals surface area contributed by atoms with Crippen LogP contribution < -0.4 is 10.9 Å². The van der Waals surface area contributed by atoms with E-state index < -0.39 is 16.1 Å². The van der Waals surface area contributed by atoms with Gasteiger partial charge in [0.15, 0.2) is 0 Å². The second kappa shape index (κ2) is 8.24. The molecule has 2 aromatic heterocycles. The molecule has 9 nitrogen and oxygen atoms in total. The molecule has 3 heterocycles. The first-order valence-electron chi connectivity index (χ1n) is 10.5. The van der Waals surface area contributed by atoms with Crippen molar-refractivity contribution in [2.75, 3.05) is 24.7 Å². The smallest absolute Gasteiger partial charge is 0.255 e. The predicted octanol–water partition coefficient (Wildman–Crippen LogP) is 1.41. The number of aromatic nitrogens is 3. The molecule has 2 aromatic rings. The molecule has 0 amide bonds. The van der Waals surface area contributed by atoms with Gasteiger partial charge in [0.2, 0.25) is 16.0 Å². The summed E-state index contributed by atoms with van der Waals surface area (Å²) in [5.41, 5.74) is 1.14. The first-order valence-corrected chi connectivity index (χ1v) is 12.4. The third-order valence-electron chi connectivity index (χ3n) is 6.19. The fraction of sp³-hybridized carbons (Fsp3) is 0.650. The minimum absolute atomic E-state index is 0.0718. The van der Waals surface area contributed by atoms with E-state index in [4.69, 9.17) is 0 Å². The molecule has 1 saturated heterocycles. The summed E-state index contributed by atoms with van der Waals surface area (Å²) in [4.78, 5) is 22.0. The van der Waals surface area contributed by atoms with Crippen molar-refractivity contribution in [2.45, 2.75) is 63.6 Å². The molecule has 0 bridgehead atoms. The Labute approximate surface area is 176 Å². The maximum absolute atomic E-state index is 13.0. The maximum Gasteiger partial charge on any atom is 0.255 e. The zero-order valence-corrected chi connectivity index (χ0v) is 18.2. The minimum Gasteiger partial charge on any atom is -0.393 e. The van der Waals surface area contributed by atoms with E-state index in [0.29, 0.717) is 49.5 Å². The number of aliphatic hydroxyl groups excluding tert-OH is 1. The Balaban J connectivity index is 1.61. The number of hydrogen-bond acceptors (Lipinski definition) is 7. The number of rotatable bonds is 4. The number of aryl methyl sites for hydroxylation is 1. The molecule has 30 heavy (non-hydrogen) atoms. The van der Waals surface area contributed by atoms with Crippen LogP contribution in [0.4, 0.5) is 5.95 Å². The van der Waals surface area contributed by atoms with Crippen LogP contribution in [-0.4, -0.2) is 63.9 Å². The number of nitrogens with zero attached hydrogens (tertiary/aromatic N) is 4. The van der Waals surface area contributed by atoms with E-state index in [2.05, 4.69) is 15.3 Å². The van der Waals surface area contributed by atoms with Crippen molar-refractivity contribution in [3.8, 4) is 0 Å². The number of sulfonamides is 1. The van der Waals surface area contributed by atoms with Gasteiger partial charge in [0.25, 0.3) is 5.56 Å². The SMILES string of the molecule is Cc1cc2cnc(NC3CCN(S(C)(=O)=O)CC3)nc2n(C2CCCC(O)C2)c1=O. The number of pyridine rings is 1. The third kappa shape index (κ3) is 4.35. The third-order valence-corrected chi connectivity index (χ3v) is 7.50. The van der Waals surface area contributed by atoms with E-state index in [0.717, 1.165) is 24.6 Å². The first kappa shape index (κ1) is 21.2. The lowest BCUT2D eigenvalue weighted by Gasteiger charge is -2.31. The van der Waals surface area contributed by atoms with Crippen molar-refractivity contribution in [3.63, 3.8) is 0 Å². The van der Waals surface area contributed by atoms with E-state index in [9.17, 15) is 18.3 Å². The van der Waals surface area contributed by atoms with Crippen LogP contribution >= 0.6 is 0 Å². The molecule has 164 valence electrons. The Morgan fingerprint density at radius 2 is 1.93 bits per heavy atom. The Morgan fingerprint density at radius 1 is 1.20 bits per heavy atom. The highest BCUT2D eigenvalue weighted by Gasteiger charge is 2.27. The largest absolute Gasteiger partial charge is 0.393 e. The molecule has 4 rings (SSSR count). The van der Waals surface area contributed by atoms with Gasteiger partial charge in [0.05, 0.1) is 12.4 Å². The summed E-state index contributed by atoms with van der Waals surface area (Å²) in [7, 11) is -3.17. The van der Waals surface area contributed by atoms with Crippen molar-refractivity contribution in [3.05, 3.63) is 28.2 Å². The normalized spacial score (nSPS) is 24.2. The van der Waals surface area contributed by atoms with Crippen molar-refractivity contribution < 1.29 is 13.5 Å². The van der Waals surface area contributed by atoms with Gasteiger partial charge >= 0.3 is 0 Å². The van der Waals surface area contributed by atoms with Gasteiger partial charge in [0, 0.05) is 42.3 Å². The van der Waals surface area contributed by atoms with Gasteiger partial charge in [-0.15, -0.1) is 0 Å². The molecule has 0 aromatic carbocycles. The first-order chi connectivity index (χ1) is 14.2. The molecule has 2 fully saturated rings. The predicted molar refractivity (Wildman–Crippen MR) is 115 cm³/mol. The van der Waals surface area contributed by atoms with Crippen LogP contribution in [0.5, 0.6) is 0 Å². The van der Waals surface area contributed by atoms with Gasteiger partial charge in [-0.1, -0.05) is 0 Å². The van der Waals surface area contributed by atoms with E-state index in [1.54, 1.807) is 17.7 Å². The van der Waals surface area contributed by atoms with Gasteiger partial charge in [-0.05, 0) is 51.5 Å². The summed E-state index contributed by atoms with van der Waals surface area (Å²) in [6, 6.07) is 1.80. The number of aliphatic hydroxyl groups is 1. The lowest BCUT2D eigenvalue weighted by molar-refractivity contribution is 0.104. The van der Waals surface area contributed by atoms with Gasteiger partial charge in [0.1, 0.15) is 5.65 Å². The molecule has 2 atom stereocenters. The van der Waals surface area contributed by atoms with Crippen LogP contribution in [0.2, 0.25) is 0 Å². The molecule has 10 heteroatoms. The zero-order chi connectivity index (χ0) is 21.5. The average Bonchev–Trinajstić information content (AvgIpc) is 2.69. The highest BCUT2D eigenvalue weighted by molar-refractivity contribution is 7.88. The van der Waals surface area contributed by atoms with E-state index in [1.165, 1.54) is 10.6 Å². The highest BCUT2D eigenvalue weighted by atomic mass is 32.2. The molecular formula is C20H29N5O4S. The second-order valence-electron chi connectivity index (χ2n) is 8.53. The fourth-order valence-electron chi connectivity index (χ4n) is 4.55. The van der Waals surface area contributed by atoms with E-state index >= 15 is 0 Å². The molecule has 2 N–H and O–H groups in total.